The molecule has 2 aromatic rings. The molecule has 0 atom stereocenters. The van der Waals surface area contributed by atoms with Gasteiger partial charge in [0.15, 0.2) is 0 Å². The van der Waals surface area contributed by atoms with Crippen molar-refractivity contribution in [2.45, 2.75) is 32.6 Å². The van der Waals surface area contributed by atoms with Gasteiger partial charge in [-0.2, -0.15) is 0 Å². The minimum atomic E-state index is -0.335. The molecule has 0 amide bonds. The maximum Gasteiger partial charge on any atom is 0.273 e. The van der Waals surface area contributed by atoms with Crippen molar-refractivity contribution < 1.29 is 9.66 Å². The third-order valence-electron chi connectivity index (χ3n) is 3.71. The van der Waals surface area contributed by atoms with Crippen molar-refractivity contribution in [2.75, 3.05) is 5.73 Å². The van der Waals surface area contributed by atoms with Crippen LogP contribution in [0.2, 0.25) is 0 Å². The Labute approximate surface area is 129 Å². The second-order valence-electron chi connectivity index (χ2n) is 5.17. The number of ether oxygens (including phenoxy) is 1. The third kappa shape index (κ3) is 3.55. The quantitative estimate of drug-likeness (QED) is 0.469. The Kier molecular flexibility index (Phi) is 4.99. The lowest BCUT2D eigenvalue weighted by Gasteiger charge is -2.15. The van der Waals surface area contributed by atoms with Crippen LogP contribution in [0.1, 0.15) is 38.2 Å². The van der Waals surface area contributed by atoms with Crippen LogP contribution in [0.25, 0.3) is 0 Å². The molecule has 0 saturated carbocycles. The van der Waals surface area contributed by atoms with Crippen LogP contribution in [0.4, 0.5) is 11.4 Å². The van der Waals surface area contributed by atoms with Crippen molar-refractivity contribution >= 4 is 11.4 Å². The SMILES string of the molecule is CCC(CC)c1cc(Oc2cccc(N)c2)ccc1[N+](=O)[O-]. The van der Waals surface area contributed by atoms with Crippen LogP contribution < -0.4 is 10.5 Å². The number of nitro benzene ring substituents is 1. The van der Waals surface area contributed by atoms with E-state index in [1.807, 2.05) is 13.8 Å². The number of nitrogens with zero attached hydrogens (tertiary/aromatic N) is 1. The minimum Gasteiger partial charge on any atom is -0.457 e. The first-order valence-electron chi connectivity index (χ1n) is 7.36. The zero-order valence-corrected chi connectivity index (χ0v) is 12.8. The van der Waals surface area contributed by atoms with Crippen molar-refractivity contribution in [2.24, 2.45) is 0 Å². The molecule has 116 valence electrons. The van der Waals surface area contributed by atoms with Crippen molar-refractivity contribution in [1.29, 1.82) is 0 Å². The molecular formula is C17H20N2O3. The Morgan fingerprint density at radius 2 is 1.82 bits per heavy atom. The molecule has 0 aromatic heterocycles. The minimum absolute atomic E-state index is 0.143. The molecule has 0 unspecified atom stereocenters. The molecule has 0 aliphatic rings. The van der Waals surface area contributed by atoms with Crippen LogP contribution in [-0.2, 0) is 0 Å². The average Bonchev–Trinajstić information content (AvgIpc) is 2.48. The first-order valence-corrected chi connectivity index (χ1v) is 7.36. The molecule has 5 heteroatoms. The number of anilines is 1. The lowest BCUT2D eigenvalue weighted by atomic mass is 9.92. The van der Waals surface area contributed by atoms with E-state index >= 15 is 0 Å². The van der Waals surface area contributed by atoms with Gasteiger partial charge in [0.05, 0.1) is 4.92 Å². The van der Waals surface area contributed by atoms with Gasteiger partial charge in [-0.1, -0.05) is 19.9 Å². The second-order valence-corrected chi connectivity index (χ2v) is 5.17. The smallest absolute Gasteiger partial charge is 0.273 e. The largest absolute Gasteiger partial charge is 0.457 e. The van der Waals surface area contributed by atoms with E-state index in [0.29, 0.717) is 17.2 Å². The summed E-state index contributed by atoms with van der Waals surface area (Å²) in [4.78, 5) is 10.9. The fourth-order valence-corrected chi connectivity index (χ4v) is 2.53. The van der Waals surface area contributed by atoms with Gasteiger partial charge in [-0.05, 0) is 43.0 Å². The van der Waals surface area contributed by atoms with Crippen LogP contribution in [0, 0.1) is 10.1 Å². The zero-order chi connectivity index (χ0) is 16.1. The maximum absolute atomic E-state index is 11.2. The number of nitro groups is 1. The van der Waals surface area contributed by atoms with Gasteiger partial charge < -0.3 is 10.5 Å². The second kappa shape index (κ2) is 6.93. The number of hydrogen-bond donors (Lipinski definition) is 1. The molecule has 2 rings (SSSR count). The molecular weight excluding hydrogens is 280 g/mol. The predicted octanol–water partition coefficient (Wildman–Crippen LogP) is 4.87. The number of rotatable bonds is 6. The summed E-state index contributed by atoms with van der Waals surface area (Å²) in [6.45, 7) is 4.06. The molecule has 0 fully saturated rings. The van der Waals surface area contributed by atoms with E-state index < -0.39 is 0 Å². The summed E-state index contributed by atoms with van der Waals surface area (Å²) in [6, 6.07) is 12.0. The summed E-state index contributed by atoms with van der Waals surface area (Å²) in [5.41, 5.74) is 7.20. The summed E-state index contributed by atoms with van der Waals surface area (Å²) in [5, 5.41) is 11.2. The highest BCUT2D eigenvalue weighted by Crippen LogP contribution is 2.35. The van der Waals surface area contributed by atoms with Crippen LogP contribution in [0.15, 0.2) is 42.5 Å². The molecule has 22 heavy (non-hydrogen) atoms. The molecule has 0 spiro atoms. The van der Waals surface area contributed by atoms with E-state index in [1.165, 1.54) is 6.07 Å². The zero-order valence-electron chi connectivity index (χ0n) is 12.8. The molecule has 0 radical (unpaired) electrons. The highest BCUT2D eigenvalue weighted by molar-refractivity contribution is 5.50. The Balaban J connectivity index is 2.37. The summed E-state index contributed by atoms with van der Waals surface area (Å²) < 4.78 is 5.77. The summed E-state index contributed by atoms with van der Waals surface area (Å²) in [6.07, 6.45) is 1.69. The van der Waals surface area contributed by atoms with Crippen LogP contribution in [-0.4, -0.2) is 4.92 Å². The van der Waals surface area contributed by atoms with Gasteiger partial charge in [-0.25, -0.2) is 0 Å². The Hall–Kier alpha value is -2.56. The Morgan fingerprint density at radius 3 is 2.41 bits per heavy atom. The van der Waals surface area contributed by atoms with Crippen molar-refractivity contribution in [3.05, 3.63) is 58.1 Å². The van der Waals surface area contributed by atoms with E-state index in [2.05, 4.69) is 0 Å². The third-order valence-corrected chi connectivity index (χ3v) is 3.71. The van der Waals surface area contributed by atoms with Gasteiger partial charge in [0.25, 0.3) is 5.69 Å². The van der Waals surface area contributed by atoms with Crippen LogP contribution >= 0.6 is 0 Å². The van der Waals surface area contributed by atoms with Gasteiger partial charge in [-0.3, -0.25) is 10.1 Å². The van der Waals surface area contributed by atoms with E-state index in [-0.39, 0.29) is 16.5 Å². The van der Waals surface area contributed by atoms with E-state index in [0.717, 1.165) is 18.4 Å². The lowest BCUT2D eigenvalue weighted by Crippen LogP contribution is -2.02. The summed E-state index contributed by atoms with van der Waals surface area (Å²) >= 11 is 0. The highest BCUT2D eigenvalue weighted by atomic mass is 16.6. The van der Waals surface area contributed by atoms with Gasteiger partial charge in [0.2, 0.25) is 0 Å². The monoisotopic (exact) mass is 300 g/mol. The number of nitrogens with two attached hydrogens (primary N) is 1. The fraction of sp³-hybridized carbons (Fsp3) is 0.294. The molecule has 0 saturated heterocycles. The number of benzene rings is 2. The van der Waals surface area contributed by atoms with E-state index in [1.54, 1.807) is 36.4 Å². The van der Waals surface area contributed by atoms with Gasteiger partial charge in [-0.15, -0.1) is 0 Å². The molecule has 0 aliphatic carbocycles. The molecule has 0 aliphatic heterocycles. The van der Waals surface area contributed by atoms with E-state index in [9.17, 15) is 10.1 Å². The molecule has 2 aromatic carbocycles. The Bertz CT molecular complexity index is 667. The van der Waals surface area contributed by atoms with Gasteiger partial charge >= 0.3 is 0 Å². The van der Waals surface area contributed by atoms with Gasteiger partial charge in [0, 0.05) is 23.4 Å². The number of hydrogen-bond acceptors (Lipinski definition) is 4. The molecule has 5 nitrogen and oxygen atoms in total. The van der Waals surface area contributed by atoms with Crippen molar-refractivity contribution in [1.82, 2.24) is 0 Å². The van der Waals surface area contributed by atoms with Crippen LogP contribution in [0.3, 0.4) is 0 Å². The molecule has 0 heterocycles. The summed E-state index contributed by atoms with van der Waals surface area (Å²) in [5.74, 6) is 1.34. The van der Waals surface area contributed by atoms with E-state index in [4.69, 9.17) is 10.5 Å². The maximum atomic E-state index is 11.2. The molecule has 2 N–H and O–H groups in total. The first kappa shape index (κ1) is 15.8. The Morgan fingerprint density at radius 1 is 1.14 bits per heavy atom. The topological polar surface area (TPSA) is 78.4 Å². The van der Waals surface area contributed by atoms with Gasteiger partial charge in [0.1, 0.15) is 11.5 Å². The molecule has 0 bridgehead atoms. The lowest BCUT2D eigenvalue weighted by molar-refractivity contribution is -0.385. The summed E-state index contributed by atoms with van der Waals surface area (Å²) in [7, 11) is 0. The van der Waals surface area contributed by atoms with Crippen LogP contribution in [0.5, 0.6) is 11.5 Å². The standard InChI is InChI=1S/C17H20N2O3/c1-3-12(4-2)16-11-15(8-9-17(16)19(20)21)22-14-7-5-6-13(18)10-14/h5-12H,3-4,18H2,1-2H3. The predicted molar refractivity (Wildman–Crippen MR) is 87.3 cm³/mol. The highest BCUT2D eigenvalue weighted by Gasteiger charge is 2.20. The van der Waals surface area contributed by atoms with Crippen molar-refractivity contribution in [3.8, 4) is 11.5 Å². The first-order chi connectivity index (χ1) is 10.5. The van der Waals surface area contributed by atoms with Crippen molar-refractivity contribution in [3.63, 3.8) is 0 Å². The fourth-order valence-electron chi connectivity index (χ4n) is 2.53. The average molecular weight is 300 g/mol. The number of nitrogen functional groups attached to an aromatic ring is 1. The normalized spacial score (nSPS) is 10.7.